The van der Waals surface area contributed by atoms with Crippen LogP contribution in [-0.4, -0.2) is 4.98 Å². The maximum atomic E-state index is 6.51. The van der Waals surface area contributed by atoms with E-state index in [0.29, 0.717) is 5.89 Å². The van der Waals surface area contributed by atoms with Gasteiger partial charge in [-0.1, -0.05) is 140 Å². The predicted octanol–water partition coefficient (Wildman–Crippen LogP) is 13.8. The van der Waals surface area contributed by atoms with Crippen molar-refractivity contribution in [1.82, 2.24) is 4.98 Å². The van der Waals surface area contributed by atoms with E-state index in [0.717, 1.165) is 50.2 Å². The monoisotopic (exact) mass is 664 g/mol. The zero-order valence-electron chi connectivity index (χ0n) is 28.3. The number of aromatic nitrogens is 1. The van der Waals surface area contributed by atoms with Crippen molar-refractivity contribution < 1.29 is 4.42 Å². The Bertz CT molecular complexity index is 2920. The number of anilines is 3. The van der Waals surface area contributed by atoms with Crippen molar-refractivity contribution in [2.45, 2.75) is 0 Å². The van der Waals surface area contributed by atoms with Gasteiger partial charge in [-0.25, -0.2) is 4.98 Å². The molecule has 1 heterocycles. The molecule has 244 valence electrons. The van der Waals surface area contributed by atoms with Crippen LogP contribution in [-0.2, 0) is 0 Å². The topological polar surface area (TPSA) is 29.3 Å². The quantitative estimate of drug-likeness (QED) is 0.177. The van der Waals surface area contributed by atoms with Gasteiger partial charge in [0.25, 0.3) is 0 Å². The molecule has 0 aliphatic carbocycles. The van der Waals surface area contributed by atoms with Crippen LogP contribution in [0.1, 0.15) is 0 Å². The highest BCUT2D eigenvalue weighted by Gasteiger charge is 2.18. The molecular formula is C49H32N2O. The Hall–Kier alpha value is -6.97. The normalized spacial score (nSPS) is 11.5. The van der Waals surface area contributed by atoms with Gasteiger partial charge in [-0.15, -0.1) is 0 Å². The zero-order valence-corrected chi connectivity index (χ0v) is 28.3. The highest BCUT2D eigenvalue weighted by atomic mass is 16.3. The SMILES string of the molecule is c1cc(-c2ccc3ccccc3c2)cc(N(c2ccc(-c3cccc4nc(-c5ccc6ccccc6c5)oc34)cc2)c2cccc3ccccc23)c1. The van der Waals surface area contributed by atoms with Gasteiger partial charge in [0.2, 0.25) is 5.89 Å². The molecule has 0 saturated carbocycles. The van der Waals surface area contributed by atoms with Gasteiger partial charge in [0.05, 0.1) is 5.69 Å². The van der Waals surface area contributed by atoms with E-state index < -0.39 is 0 Å². The number of para-hydroxylation sites is 1. The van der Waals surface area contributed by atoms with E-state index in [1.807, 2.05) is 6.07 Å². The highest BCUT2D eigenvalue weighted by molar-refractivity contribution is 6.00. The van der Waals surface area contributed by atoms with Gasteiger partial charge >= 0.3 is 0 Å². The molecule has 0 amide bonds. The number of nitrogens with zero attached hydrogens (tertiary/aromatic N) is 2. The first-order valence-corrected chi connectivity index (χ1v) is 17.6. The fraction of sp³-hybridized carbons (Fsp3) is 0. The fourth-order valence-electron chi connectivity index (χ4n) is 7.44. The van der Waals surface area contributed by atoms with Gasteiger partial charge in [-0.3, -0.25) is 0 Å². The molecule has 3 heteroatoms. The molecule has 9 aromatic carbocycles. The zero-order chi connectivity index (χ0) is 34.4. The van der Waals surface area contributed by atoms with Gasteiger partial charge in [0, 0.05) is 27.9 Å². The number of hydrogen-bond donors (Lipinski definition) is 0. The number of fused-ring (bicyclic) bond motifs is 4. The third kappa shape index (κ3) is 5.28. The molecule has 0 aliphatic heterocycles. The number of oxazole rings is 1. The third-order valence-corrected chi connectivity index (χ3v) is 10.0. The Morgan fingerprint density at radius 1 is 0.385 bits per heavy atom. The van der Waals surface area contributed by atoms with Crippen LogP contribution in [0.15, 0.2) is 199 Å². The Labute approximate surface area is 301 Å². The summed E-state index contributed by atoms with van der Waals surface area (Å²) in [7, 11) is 0. The lowest BCUT2D eigenvalue weighted by molar-refractivity contribution is 0.621. The highest BCUT2D eigenvalue weighted by Crippen LogP contribution is 2.42. The first-order valence-electron chi connectivity index (χ1n) is 17.6. The van der Waals surface area contributed by atoms with Crippen molar-refractivity contribution in [2.24, 2.45) is 0 Å². The van der Waals surface area contributed by atoms with E-state index in [4.69, 9.17) is 9.40 Å². The van der Waals surface area contributed by atoms with Crippen LogP contribution in [0.3, 0.4) is 0 Å². The van der Waals surface area contributed by atoms with Crippen molar-refractivity contribution in [3.63, 3.8) is 0 Å². The van der Waals surface area contributed by atoms with Crippen LogP contribution < -0.4 is 4.90 Å². The Morgan fingerprint density at radius 2 is 0.981 bits per heavy atom. The van der Waals surface area contributed by atoms with E-state index in [-0.39, 0.29) is 0 Å². The minimum Gasteiger partial charge on any atom is -0.435 e. The molecule has 10 rings (SSSR count). The smallest absolute Gasteiger partial charge is 0.227 e. The lowest BCUT2D eigenvalue weighted by atomic mass is 10.00. The molecule has 0 aliphatic rings. The summed E-state index contributed by atoms with van der Waals surface area (Å²) in [5.74, 6) is 0.623. The second-order valence-electron chi connectivity index (χ2n) is 13.2. The summed E-state index contributed by atoms with van der Waals surface area (Å²) < 4.78 is 6.51. The molecule has 0 bridgehead atoms. The second-order valence-corrected chi connectivity index (χ2v) is 13.2. The molecule has 52 heavy (non-hydrogen) atoms. The average Bonchev–Trinajstić information content (AvgIpc) is 3.66. The molecule has 0 saturated heterocycles. The summed E-state index contributed by atoms with van der Waals surface area (Å²) in [6.07, 6.45) is 0. The first-order chi connectivity index (χ1) is 25.7. The number of hydrogen-bond acceptors (Lipinski definition) is 3. The van der Waals surface area contributed by atoms with Crippen LogP contribution in [0.4, 0.5) is 17.1 Å². The van der Waals surface area contributed by atoms with Gasteiger partial charge in [0.1, 0.15) is 5.52 Å². The molecule has 10 aromatic rings. The molecule has 0 radical (unpaired) electrons. The summed E-state index contributed by atoms with van der Waals surface area (Å²) in [5, 5.41) is 7.23. The van der Waals surface area contributed by atoms with E-state index in [1.165, 1.54) is 38.1 Å². The molecule has 0 fully saturated rings. The first kappa shape index (κ1) is 29.9. The van der Waals surface area contributed by atoms with Crippen LogP contribution >= 0.6 is 0 Å². The molecule has 0 unspecified atom stereocenters. The lowest BCUT2D eigenvalue weighted by Gasteiger charge is -2.27. The molecule has 1 aromatic heterocycles. The summed E-state index contributed by atoms with van der Waals surface area (Å²) in [5.41, 5.74) is 10.3. The Kier molecular flexibility index (Phi) is 7.14. The van der Waals surface area contributed by atoms with Crippen LogP contribution in [0, 0.1) is 0 Å². The van der Waals surface area contributed by atoms with Crippen molar-refractivity contribution in [3.05, 3.63) is 194 Å². The largest absolute Gasteiger partial charge is 0.435 e. The molecule has 0 atom stereocenters. The van der Waals surface area contributed by atoms with E-state index >= 15 is 0 Å². The molecule has 0 N–H and O–H groups in total. The van der Waals surface area contributed by atoms with Crippen molar-refractivity contribution >= 4 is 60.5 Å². The summed E-state index contributed by atoms with van der Waals surface area (Å²) >= 11 is 0. The maximum absolute atomic E-state index is 6.51. The second kappa shape index (κ2) is 12.4. The van der Waals surface area contributed by atoms with Gasteiger partial charge in [0.15, 0.2) is 5.58 Å². The number of benzene rings is 9. The van der Waals surface area contributed by atoms with Crippen LogP contribution in [0.2, 0.25) is 0 Å². The predicted molar refractivity (Wildman–Crippen MR) is 218 cm³/mol. The summed E-state index contributed by atoms with van der Waals surface area (Å²) in [6, 6.07) is 68.9. The summed E-state index contributed by atoms with van der Waals surface area (Å²) in [4.78, 5) is 7.27. The van der Waals surface area contributed by atoms with Crippen molar-refractivity contribution in [3.8, 4) is 33.7 Å². The van der Waals surface area contributed by atoms with E-state index in [9.17, 15) is 0 Å². The minimum absolute atomic E-state index is 0.623. The van der Waals surface area contributed by atoms with Crippen LogP contribution in [0.25, 0.3) is 77.1 Å². The maximum Gasteiger partial charge on any atom is 0.227 e. The fourth-order valence-corrected chi connectivity index (χ4v) is 7.44. The minimum atomic E-state index is 0.623. The van der Waals surface area contributed by atoms with Gasteiger partial charge < -0.3 is 9.32 Å². The van der Waals surface area contributed by atoms with E-state index in [1.54, 1.807) is 0 Å². The number of rotatable bonds is 6. The Morgan fingerprint density at radius 3 is 1.77 bits per heavy atom. The molecule has 3 nitrogen and oxygen atoms in total. The standard InChI is InChI=1S/C49H32N2O/c1-3-13-37-30-40(24-22-33(37)10-1)39-16-7-17-43(32-39)51(47-21-8-15-35-12-5-6-18-44(35)47)42-28-26-36(27-29-42)45-19-9-20-46-48(45)52-49(50-46)41-25-23-34-11-2-4-14-38(34)31-41/h1-32H. The average molecular weight is 665 g/mol. The molecular weight excluding hydrogens is 633 g/mol. The van der Waals surface area contributed by atoms with Gasteiger partial charge in [-0.05, 0) is 98.2 Å². The Balaban J connectivity index is 1.07. The summed E-state index contributed by atoms with van der Waals surface area (Å²) in [6.45, 7) is 0. The lowest BCUT2D eigenvalue weighted by Crippen LogP contribution is -2.10. The van der Waals surface area contributed by atoms with Crippen molar-refractivity contribution in [1.29, 1.82) is 0 Å². The van der Waals surface area contributed by atoms with E-state index in [2.05, 4.69) is 193 Å². The third-order valence-electron chi connectivity index (χ3n) is 10.0. The van der Waals surface area contributed by atoms with Gasteiger partial charge in [-0.2, -0.15) is 0 Å². The van der Waals surface area contributed by atoms with Crippen molar-refractivity contribution in [2.75, 3.05) is 4.90 Å². The molecule has 0 spiro atoms. The van der Waals surface area contributed by atoms with Crippen LogP contribution in [0.5, 0.6) is 0 Å².